The van der Waals surface area contributed by atoms with Gasteiger partial charge in [0.2, 0.25) is 0 Å². The molecular formula is C22H24N4O3. The van der Waals surface area contributed by atoms with Gasteiger partial charge in [-0.1, -0.05) is 6.07 Å². The Morgan fingerprint density at radius 1 is 1.14 bits per heavy atom. The van der Waals surface area contributed by atoms with Crippen LogP contribution in [0.3, 0.4) is 0 Å². The molecule has 1 aliphatic heterocycles. The van der Waals surface area contributed by atoms with E-state index in [9.17, 15) is 4.79 Å². The molecule has 29 heavy (non-hydrogen) atoms. The van der Waals surface area contributed by atoms with Gasteiger partial charge < -0.3 is 14.5 Å². The van der Waals surface area contributed by atoms with E-state index >= 15 is 0 Å². The maximum Gasteiger partial charge on any atom is 0.255 e. The van der Waals surface area contributed by atoms with Crippen LogP contribution in [0.25, 0.3) is 11.4 Å². The number of hydrogen-bond acceptors (Lipinski definition) is 6. The summed E-state index contributed by atoms with van der Waals surface area (Å²) in [4.78, 5) is 26.6. The third-order valence-corrected chi connectivity index (χ3v) is 5.36. The summed E-state index contributed by atoms with van der Waals surface area (Å²) in [5.74, 6) is 2.23. The average molecular weight is 392 g/mol. The van der Waals surface area contributed by atoms with E-state index in [-0.39, 0.29) is 5.56 Å². The highest BCUT2D eigenvalue weighted by Crippen LogP contribution is 2.32. The molecule has 1 aliphatic rings. The number of aromatic nitrogens is 3. The summed E-state index contributed by atoms with van der Waals surface area (Å²) >= 11 is 0. The van der Waals surface area contributed by atoms with Gasteiger partial charge in [0.25, 0.3) is 5.56 Å². The quantitative estimate of drug-likeness (QED) is 0.719. The Kier molecular flexibility index (Phi) is 5.31. The summed E-state index contributed by atoms with van der Waals surface area (Å²) in [7, 11) is 3.33. The SMILES string of the molecule is COc1ccc(CN2CCc3nc(-c4ccncc4)[nH]c(=O)c3C2)c(OC)c1C. The number of hydrogen-bond donors (Lipinski definition) is 1. The molecule has 0 fully saturated rings. The minimum Gasteiger partial charge on any atom is -0.496 e. The summed E-state index contributed by atoms with van der Waals surface area (Å²) in [5.41, 5.74) is 4.44. The van der Waals surface area contributed by atoms with Gasteiger partial charge in [0.05, 0.1) is 25.5 Å². The number of pyridine rings is 1. The summed E-state index contributed by atoms with van der Waals surface area (Å²) in [6.07, 6.45) is 4.12. The molecule has 0 aliphatic carbocycles. The van der Waals surface area contributed by atoms with Crippen molar-refractivity contribution in [2.45, 2.75) is 26.4 Å². The molecule has 4 rings (SSSR count). The predicted octanol–water partition coefficient (Wildman–Crippen LogP) is 2.72. The van der Waals surface area contributed by atoms with E-state index in [4.69, 9.17) is 14.5 Å². The van der Waals surface area contributed by atoms with Gasteiger partial charge in [0.15, 0.2) is 0 Å². The fourth-order valence-corrected chi connectivity index (χ4v) is 3.86. The number of H-pyrrole nitrogens is 1. The zero-order valence-corrected chi connectivity index (χ0v) is 16.9. The second-order valence-corrected chi connectivity index (χ2v) is 7.12. The van der Waals surface area contributed by atoms with Crippen molar-refractivity contribution in [2.24, 2.45) is 0 Å². The van der Waals surface area contributed by atoms with E-state index in [0.29, 0.717) is 18.9 Å². The normalized spacial score (nSPS) is 13.8. The average Bonchev–Trinajstić information content (AvgIpc) is 2.75. The van der Waals surface area contributed by atoms with Crippen molar-refractivity contribution >= 4 is 0 Å². The fraction of sp³-hybridized carbons (Fsp3) is 0.318. The van der Waals surface area contributed by atoms with Gasteiger partial charge in [-0.15, -0.1) is 0 Å². The second kappa shape index (κ2) is 8.05. The van der Waals surface area contributed by atoms with Crippen molar-refractivity contribution in [1.82, 2.24) is 19.9 Å². The van der Waals surface area contributed by atoms with Gasteiger partial charge >= 0.3 is 0 Å². The number of fused-ring (bicyclic) bond motifs is 1. The number of rotatable bonds is 5. The van der Waals surface area contributed by atoms with Crippen LogP contribution in [0.1, 0.15) is 22.4 Å². The third kappa shape index (κ3) is 3.73. The lowest BCUT2D eigenvalue weighted by molar-refractivity contribution is 0.238. The first-order chi connectivity index (χ1) is 14.1. The van der Waals surface area contributed by atoms with E-state index in [2.05, 4.69) is 14.9 Å². The molecule has 7 heteroatoms. The Morgan fingerprint density at radius 2 is 1.93 bits per heavy atom. The fourth-order valence-electron chi connectivity index (χ4n) is 3.86. The zero-order valence-electron chi connectivity index (χ0n) is 16.9. The van der Waals surface area contributed by atoms with E-state index < -0.39 is 0 Å². The lowest BCUT2D eigenvalue weighted by Crippen LogP contribution is -2.35. The van der Waals surface area contributed by atoms with Crippen molar-refractivity contribution in [3.8, 4) is 22.9 Å². The van der Waals surface area contributed by atoms with Crippen molar-refractivity contribution in [2.75, 3.05) is 20.8 Å². The first-order valence-electron chi connectivity index (χ1n) is 9.56. The van der Waals surface area contributed by atoms with E-state index in [0.717, 1.165) is 52.4 Å². The molecule has 0 spiro atoms. The highest BCUT2D eigenvalue weighted by Gasteiger charge is 2.23. The summed E-state index contributed by atoms with van der Waals surface area (Å²) < 4.78 is 11.0. The maximum atomic E-state index is 12.7. The number of benzene rings is 1. The Hall–Kier alpha value is -3.19. The van der Waals surface area contributed by atoms with E-state index in [1.165, 1.54) is 0 Å². The van der Waals surface area contributed by atoms with Crippen LogP contribution in [0.15, 0.2) is 41.5 Å². The molecule has 2 aromatic heterocycles. The Balaban J connectivity index is 1.59. The smallest absolute Gasteiger partial charge is 0.255 e. The van der Waals surface area contributed by atoms with Crippen LogP contribution < -0.4 is 15.0 Å². The summed E-state index contributed by atoms with van der Waals surface area (Å²) in [6, 6.07) is 7.67. The minimum atomic E-state index is -0.0793. The molecule has 0 atom stereocenters. The molecule has 0 radical (unpaired) electrons. The molecule has 0 saturated carbocycles. The lowest BCUT2D eigenvalue weighted by Gasteiger charge is -2.28. The van der Waals surface area contributed by atoms with Gasteiger partial charge in [-0.3, -0.25) is 14.7 Å². The van der Waals surface area contributed by atoms with Gasteiger partial charge in [-0.25, -0.2) is 4.98 Å². The Labute approximate surface area is 169 Å². The molecule has 150 valence electrons. The molecule has 1 N–H and O–H groups in total. The zero-order chi connectivity index (χ0) is 20.4. The van der Waals surface area contributed by atoms with Crippen LogP contribution >= 0.6 is 0 Å². The third-order valence-electron chi connectivity index (χ3n) is 5.36. The van der Waals surface area contributed by atoms with Crippen molar-refractivity contribution in [3.05, 3.63) is 69.4 Å². The van der Waals surface area contributed by atoms with Crippen LogP contribution in [0.4, 0.5) is 0 Å². The molecule has 0 amide bonds. The molecular weight excluding hydrogens is 368 g/mol. The number of nitrogens with one attached hydrogen (secondary N) is 1. The van der Waals surface area contributed by atoms with Gasteiger partial charge in [-0.2, -0.15) is 0 Å². The van der Waals surface area contributed by atoms with Crippen LogP contribution in [0.5, 0.6) is 11.5 Å². The Bertz CT molecular complexity index is 1080. The molecule has 0 unspecified atom stereocenters. The molecule has 7 nitrogen and oxygen atoms in total. The van der Waals surface area contributed by atoms with Gasteiger partial charge in [-0.05, 0) is 25.1 Å². The molecule has 0 saturated heterocycles. The maximum absolute atomic E-state index is 12.7. The standard InChI is InChI=1S/C22H24N4O3/c1-14-19(28-2)5-4-16(20(14)29-3)12-26-11-8-18-17(13-26)22(27)25-21(24-18)15-6-9-23-10-7-15/h4-7,9-10H,8,11-13H2,1-3H3,(H,24,25,27). The van der Waals surface area contributed by atoms with Crippen LogP contribution in [-0.2, 0) is 19.5 Å². The molecule has 3 aromatic rings. The van der Waals surface area contributed by atoms with Crippen molar-refractivity contribution < 1.29 is 9.47 Å². The number of aromatic amines is 1. The lowest BCUT2D eigenvalue weighted by atomic mass is 10.0. The van der Waals surface area contributed by atoms with Crippen LogP contribution in [0.2, 0.25) is 0 Å². The number of methoxy groups -OCH3 is 2. The topological polar surface area (TPSA) is 80.3 Å². The monoisotopic (exact) mass is 392 g/mol. The van der Waals surface area contributed by atoms with Crippen molar-refractivity contribution in [3.63, 3.8) is 0 Å². The first-order valence-corrected chi connectivity index (χ1v) is 9.56. The largest absolute Gasteiger partial charge is 0.496 e. The first kappa shape index (κ1) is 19.1. The van der Waals surface area contributed by atoms with E-state index in [1.54, 1.807) is 26.6 Å². The predicted molar refractivity (Wildman–Crippen MR) is 110 cm³/mol. The molecule has 1 aromatic carbocycles. The van der Waals surface area contributed by atoms with Gasteiger partial charge in [0, 0.05) is 55.1 Å². The Morgan fingerprint density at radius 3 is 2.66 bits per heavy atom. The van der Waals surface area contributed by atoms with Crippen molar-refractivity contribution in [1.29, 1.82) is 0 Å². The van der Waals surface area contributed by atoms with Gasteiger partial charge in [0.1, 0.15) is 17.3 Å². The molecule has 0 bridgehead atoms. The van der Waals surface area contributed by atoms with Crippen LogP contribution in [0, 0.1) is 6.92 Å². The number of ether oxygens (including phenoxy) is 2. The summed E-state index contributed by atoms with van der Waals surface area (Å²) in [5, 5.41) is 0. The highest BCUT2D eigenvalue weighted by molar-refractivity contribution is 5.54. The molecule has 3 heterocycles. The highest BCUT2D eigenvalue weighted by atomic mass is 16.5. The second-order valence-electron chi connectivity index (χ2n) is 7.12. The van der Waals surface area contributed by atoms with E-state index in [1.807, 2.05) is 31.2 Å². The minimum absolute atomic E-state index is 0.0793. The van der Waals surface area contributed by atoms with Crippen LogP contribution in [-0.4, -0.2) is 40.6 Å². The number of nitrogens with zero attached hydrogens (tertiary/aromatic N) is 3. The summed E-state index contributed by atoms with van der Waals surface area (Å²) in [6.45, 7) is 4.07.